The molecule has 1 rings (SSSR count). The molecule has 0 saturated heterocycles. The fraction of sp³-hybridized carbons (Fsp3) is 0.143. The number of hydrogen-bond donors (Lipinski definition) is 1. The Kier molecular flexibility index (Phi) is 2.95. The van der Waals surface area contributed by atoms with E-state index >= 15 is 0 Å². The van der Waals surface area contributed by atoms with Crippen molar-refractivity contribution in [3.8, 4) is 0 Å². The van der Waals surface area contributed by atoms with Gasteiger partial charge in [0, 0.05) is 11.6 Å². The molecular weight excluding hydrogens is 223 g/mol. The molecule has 0 aliphatic rings. The van der Waals surface area contributed by atoms with Crippen molar-refractivity contribution >= 4 is 16.8 Å². The summed E-state index contributed by atoms with van der Waals surface area (Å²) in [6, 6.07) is 0.434. The zero-order valence-electron chi connectivity index (χ0n) is 6.48. The zero-order chi connectivity index (χ0) is 10.9. The summed E-state index contributed by atoms with van der Waals surface area (Å²) < 4.78 is 37.3. The summed E-state index contributed by atoms with van der Waals surface area (Å²) in [5, 5.41) is -1.38. The number of halogens is 4. The molecule has 7 heteroatoms. The van der Waals surface area contributed by atoms with Crippen LogP contribution in [0.1, 0.15) is 22.3 Å². The van der Waals surface area contributed by atoms with E-state index in [1.165, 1.54) is 0 Å². The summed E-state index contributed by atoms with van der Waals surface area (Å²) in [7, 11) is 0. The molecule has 0 bridgehead atoms. The number of carbonyl (C=O) groups is 1. The second-order valence-electron chi connectivity index (χ2n) is 2.35. The highest BCUT2D eigenvalue weighted by Gasteiger charge is 2.22. The predicted octanol–water partition coefficient (Wildman–Crippen LogP) is 1.83. The van der Waals surface area contributed by atoms with Crippen LogP contribution in [0, 0.1) is 5.95 Å². The molecule has 1 aromatic rings. The first kappa shape index (κ1) is 10.8. The van der Waals surface area contributed by atoms with E-state index in [2.05, 4.69) is 0 Å². The molecule has 3 nitrogen and oxygen atoms in total. The first-order valence-electron chi connectivity index (χ1n) is 3.34. The van der Waals surface area contributed by atoms with Crippen LogP contribution in [0.2, 0.25) is 0 Å². The van der Waals surface area contributed by atoms with Crippen molar-refractivity contribution in [3.63, 3.8) is 0 Å². The Bertz CT molecular complexity index is 429. The van der Waals surface area contributed by atoms with Crippen LogP contribution in [-0.4, -0.2) is 10.2 Å². The number of hydrogen-bond acceptors (Lipinski definition) is 2. The summed E-state index contributed by atoms with van der Waals surface area (Å²) >= 11 is 4.88. The molecule has 0 saturated carbocycles. The molecule has 0 amide bonds. The van der Waals surface area contributed by atoms with E-state index in [0.29, 0.717) is 6.07 Å². The van der Waals surface area contributed by atoms with E-state index in [1.54, 1.807) is 4.98 Å². The summed E-state index contributed by atoms with van der Waals surface area (Å²) in [4.78, 5) is 22.7. The van der Waals surface area contributed by atoms with Gasteiger partial charge in [0.05, 0.1) is 5.56 Å². The highest BCUT2D eigenvalue weighted by molar-refractivity contribution is 6.67. The Morgan fingerprint density at radius 3 is 2.50 bits per heavy atom. The first-order chi connectivity index (χ1) is 6.43. The van der Waals surface area contributed by atoms with Gasteiger partial charge in [-0.1, -0.05) is 0 Å². The van der Waals surface area contributed by atoms with Crippen LogP contribution in [-0.2, 0) is 0 Å². The lowest BCUT2D eigenvalue weighted by molar-refractivity contribution is 0.106. The van der Waals surface area contributed by atoms with Crippen LogP contribution < -0.4 is 5.56 Å². The maximum atomic E-state index is 12.8. The number of H-pyrrole nitrogens is 1. The molecule has 14 heavy (non-hydrogen) atoms. The van der Waals surface area contributed by atoms with Crippen LogP contribution in [0.25, 0.3) is 0 Å². The van der Waals surface area contributed by atoms with Crippen LogP contribution in [0.3, 0.4) is 0 Å². The third kappa shape index (κ3) is 1.95. The minimum absolute atomic E-state index is 0.434. The number of nitrogens with one attached hydrogen (secondary N) is 1. The van der Waals surface area contributed by atoms with Crippen LogP contribution in [0.15, 0.2) is 10.9 Å². The van der Waals surface area contributed by atoms with E-state index in [9.17, 15) is 22.8 Å². The van der Waals surface area contributed by atoms with Gasteiger partial charge in [-0.2, -0.15) is 4.39 Å². The normalized spacial score (nSPS) is 10.6. The minimum atomic E-state index is -3.13. The van der Waals surface area contributed by atoms with Crippen molar-refractivity contribution in [1.29, 1.82) is 0 Å². The zero-order valence-corrected chi connectivity index (χ0v) is 7.24. The van der Waals surface area contributed by atoms with E-state index in [1.807, 2.05) is 0 Å². The fourth-order valence-electron chi connectivity index (χ4n) is 0.919. The average molecular weight is 226 g/mol. The smallest absolute Gasteiger partial charge is 0.264 e. The summed E-state index contributed by atoms with van der Waals surface area (Å²) in [5.41, 5.74) is -3.06. The van der Waals surface area contributed by atoms with Crippen LogP contribution >= 0.6 is 11.6 Å². The van der Waals surface area contributed by atoms with Crippen LogP contribution in [0.4, 0.5) is 13.2 Å². The minimum Gasteiger partial charge on any atom is -0.298 e. The van der Waals surface area contributed by atoms with Gasteiger partial charge < -0.3 is 0 Å². The topological polar surface area (TPSA) is 49.9 Å². The van der Waals surface area contributed by atoms with Gasteiger partial charge in [0.1, 0.15) is 0 Å². The Morgan fingerprint density at radius 1 is 1.50 bits per heavy atom. The molecule has 0 aromatic carbocycles. The van der Waals surface area contributed by atoms with Crippen molar-refractivity contribution in [1.82, 2.24) is 4.98 Å². The third-order valence-corrected chi connectivity index (χ3v) is 1.65. The molecular formula is C7H3ClF3NO2. The molecule has 0 unspecified atom stereocenters. The molecule has 0 aliphatic carbocycles. The van der Waals surface area contributed by atoms with Crippen LogP contribution in [0.5, 0.6) is 0 Å². The largest absolute Gasteiger partial charge is 0.298 e. The Morgan fingerprint density at radius 2 is 2.07 bits per heavy atom. The van der Waals surface area contributed by atoms with Gasteiger partial charge in [0.2, 0.25) is 5.95 Å². The molecule has 0 atom stereocenters. The van der Waals surface area contributed by atoms with E-state index in [0.717, 1.165) is 0 Å². The Hall–Kier alpha value is -1.30. The second-order valence-corrected chi connectivity index (χ2v) is 2.70. The molecule has 76 valence electrons. The van der Waals surface area contributed by atoms with Gasteiger partial charge in [0.25, 0.3) is 17.2 Å². The molecule has 0 fully saturated rings. The maximum absolute atomic E-state index is 12.8. The molecule has 1 aromatic heterocycles. The number of pyridine rings is 1. The second kappa shape index (κ2) is 3.83. The van der Waals surface area contributed by atoms with Gasteiger partial charge in [-0.25, -0.2) is 8.78 Å². The Labute approximate surface area is 80.5 Å². The van der Waals surface area contributed by atoms with Gasteiger partial charge in [-0.05, 0) is 11.6 Å². The lowest BCUT2D eigenvalue weighted by Gasteiger charge is -2.04. The molecule has 0 spiro atoms. The molecule has 0 radical (unpaired) electrons. The predicted molar refractivity (Wildman–Crippen MR) is 42.2 cm³/mol. The highest BCUT2D eigenvalue weighted by atomic mass is 35.5. The maximum Gasteiger partial charge on any atom is 0.264 e. The highest BCUT2D eigenvalue weighted by Crippen LogP contribution is 2.23. The van der Waals surface area contributed by atoms with Crippen molar-refractivity contribution in [3.05, 3.63) is 33.5 Å². The third-order valence-electron chi connectivity index (χ3n) is 1.46. The Balaban J connectivity index is 3.52. The summed E-state index contributed by atoms with van der Waals surface area (Å²) in [6.07, 6.45) is -3.13. The lowest BCUT2D eigenvalue weighted by Crippen LogP contribution is -2.14. The van der Waals surface area contributed by atoms with Gasteiger partial charge in [-0.3, -0.25) is 14.6 Å². The van der Waals surface area contributed by atoms with Crippen molar-refractivity contribution in [2.24, 2.45) is 0 Å². The van der Waals surface area contributed by atoms with Crippen molar-refractivity contribution < 1.29 is 18.0 Å². The quantitative estimate of drug-likeness (QED) is 0.617. The number of aromatic amines is 1. The summed E-state index contributed by atoms with van der Waals surface area (Å²) in [5.74, 6) is -1.45. The first-order valence-corrected chi connectivity index (χ1v) is 3.72. The van der Waals surface area contributed by atoms with Gasteiger partial charge in [0.15, 0.2) is 0 Å². The van der Waals surface area contributed by atoms with Gasteiger partial charge in [-0.15, -0.1) is 0 Å². The SMILES string of the molecule is O=C(Cl)c1c(C(F)F)cc(=O)[nH]c1F. The number of alkyl halides is 2. The van der Waals surface area contributed by atoms with E-state index in [4.69, 9.17) is 11.6 Å². The number of rotatable bonds is 2. The average Bonchev–Trinajstić information content (AvgIpc) is 2.01. The molecule has 1 heterocycles. The van der Waals surface area contributed by atoms with E-state index in [-0.39, 0.29) is 0 Å². The van der Waals surface area contributed by atoms with Crippen molar-refractivity contribution in [2.75, 3.05) is 0 Å². The monoisotopic (exact) mass is 225 g/mol. The van der Waals surface area contributed by atoms with Gasteiger partial charge >= 0.3 is 0 Å². The molecule has 0 aliphatic heterocycles. The standard InChI is InChI=1S/C7H3ClF3NO2/c8-5(14)4-2(6(9)10)1-3(13)12-7(4)11/h1,6H,(H,12,13). The summed E-state index contributed by atoms with van der Waals surface area (Å²) in [6.45, 7) is 0. The van der Waals surface area contributed by atoms with Crippen molar-refractivity contribution in [2.45, 2.75) is 6.43 Å². The number of aromatic nitrogens is 1. The van der Waals surface area contributed by atoms with E-state index < -0.39 is 34.3 Å². The lowest BCUT2D eigenvalue weighted by atomic mass is 10.1. The fourth-order valence-corrected chi connectivity index (χ4v) is 1.11. The molecule has 1 N–H and O–H groups in total. The number of carbonyl (C=O) groups excluding carboxylic acids is 1.